The van der Waals surface area contributed by atoms with E-state index in [1.807, 2.05) is 0 Å². The van der Waals surface area contributed by atoms with Gasteiger partial charge in [0.25, 0.3) is 0 Å². The molecule has 18 heavy (non-hydrogen) atoms. The average Bonchev–Trinajstić information content (AvgIpc) is 2.35. The van der Waals surface area contributed by atoms with Gasteiger partial charge in [-0.3, -0.25) is 10.2 Å². The fourth-order valence-corrected chi connectivity index (χ4v) is 2.19. The van der Waals surface area contributed by atoms with Gasteiger partial charge >= 0.3 is 0 Å². The van der Waals surface area contributed by atoms with Crippen LogP contribution in [0.15, 0.2) is 6.07 Å². The number of carbonyl (C=O) groups is 1. The molecule has 4 heteroatoms. The van der Waals surface area contributed by atoms with E-state index in [0.717, 1.165) is 18.6 Å². The maximum Gasteiger partial charge on any atom is 0.233 e. The van der Waals surface area contributed by atoms with Crippen molar-refractivity contribution in [1.82, 2.24) is 5.43 Å². The third-order valence-electron chi connectivity index (χ3n) is 3.31. The number of hydrogen-bond acceptors (Lipinski definition) is 3. The van der Waals surface area contributed by atoms with Gasteiger partial charge in [-0.2, -0.15) is 0 Å². The molecule has 0 atom stereocenters. The Morgan fingerprint density at radius 1 is 1.33 bits per heavy atom. The van der Waals surface area contributed by atoms with Crippen molar-refractivity contribution in [1.29, 1.82) is 0 Å². The van der Waals surface area contributed by atoms with Crippen LogP contribution in [0.25, 0.3) is 0 Å². The van der Waals surface area contributed by atoms with Gasteiger partial charge in [-0.15, -0.1) is 0 Å². The molecule has 0 aromatic heterocycles. The molecule has 0 spiro atoms. The number of hydrogen-bond donors (Lipinski definition) is 2. The first-order chi connectivity index (χ1) is 8.51. The molecule has 0 heterocycles. The summed E-state index contributed by atoms with van der Waals surface area (Å²) >= 11 is 0. The maximum atomic E-state index is 11.1. The van der Waals surface area contributed by atoms with Crippen molar-refractivity contribution in [2.24, 2.45) is 5.84 Å². The number of amides is 1. The van der Waals surface area contributed by atoms with E-state index in [9.17, 15) is 4.79 Å². The first-order valence-electron chi connectivity index (χ1n) is 6.14. The largest absolute Gasteiger partial charge is 0.496 e. The summed E-state index contributed by atoms with van der Waals surface area (Å²) in [6.07, 6.45) is 2.03. The van der Waals surface area contributed by atoms with Crippen molar-refractivity contribution in [2.45, 2.75) is 40.0 Å². The Bertz CT molecular complexity index is 442. The Hall–Kier alpha value is -1.55. The van der Waals surface area contributed by atoms with Gasteiger partial charge in [-0.1, -0.05) is 6.07 Å². The van der Waals surface area contributed by atoms with Crippen LogP contribution in [0, 0.1) is 20.8 Å². The molecule has 4 nitrogen and oxygen atoms in total. The van der Waals surface area contributed by atoms with E-state index in [2.05, 4.69) is 32.3 Å². The van der Waals surface area contributed by atoms with Crippen molar-refractivity contribution >= 4 is 5.91 Å². The number of nitrogens with one attached hydrogen (secondary N) is 1. The summed E-state index contributed by atoms with van der Waals surface area (Å²) in [7, 11) is 1.69. The van der Waals surface area contributed by atoms with Crippen molar-refractivity contribution in [2.75, 3.05) is 7.11 Å². The summed E-state index contributed by atoms with van der Waals surface area (Å²) in [5.74, 6) is 5.87. The van der Waals surface area contributed by atoms with Crippen molar-refractivity contribution in [3.05, 3.63) is 28.3 Å². The van der Waals surface area contributed by atoms with Crippen molar-refractivity contribution < 1.29 is 9.53 Å². The first-order valence-corrected chi connectivity index (χ1v) is 6.14. The molecule has 0 aliphatic rings. The third-order valence-corrected chi connectivity index (χ3v) is 3.31. The Morgan fingerprint density at radius 3 is 2.56 bits per heavy atom. The summed E-state index contributed by atoms with van der Waals surface area (Å²) in [5, 5.41) is 0. The lowest BCUT2D eigenvalue weighted by atomic mass is 9.95. The molecule has 1 rings (SSSR count). The molecule has 0 bridgehead atoms. The molecular weight excluding hydrogens is 228 g/mol. The number of carbonyl (C=O) groups excluding carboxylic acids is 1. The summed E-state index contributed by atoms with van der Waals surface area (Å²) in [4.78, 5) is 11.1. The normalized spacial score (nSPS) is 10.3. The van der Waals surface area contributed by atoms with Crippen LogP contribution in [0.4, 0.5) is 0 Å². The molecule has 1 aromatic carbocycles. The number of nitrogens with two attached hydrogens (primary N) is 1. The summed E-state index contributed by atoms with van der Waals surface area (Å²) in [5.41, 5.74) is 6.94. The van der Waals surface area contributed by atoms with E-state index < -0.39 is 0 Å². The molecule has 0 radical (unpaired) electrons. The van der Waals surface area contributed by atoms with E-state index in [4.69, 9.17) is 10.6 Å². The van der Waals surface area contributed by atoms with E-state index in [-0.39, 0.29) is 5.91 Å². The SMILES string of the molecule is COc1c(C)c(C)cc(C)c1CCCC(=O)NN. The molecular formula is C14H22N2O2. The van der Waals surface area contributed by atoms with Crippen molar-refractivity contribution in [3.8, 4) is 5.75 Å². The monoisotopic (exact) mass is 250 g/mol. The second-order valence-electron chi connectivity index (χ2n) is 4.57. The number of rotatable bonds is 5. The smallest absolute Gasteiger partial charge is 0.233 e. The molecule has 0 saturated heterocycles. The number of methoxy groups -OCH3 is 1. The highest BCUT2D eigenvalue weighted by atomic mass is 16.5. The van der Waals surface area contributed by atoms with E-state index in [1.165, 1.54) is 22.3 Å². The standard InChI is InChI=1S/C14H22N2O2/c1-9-8-10(2)12(14(18-4)11(9)3)6-5-7-13(17)16-15/h8H,5-7,15H2,1-4H3,(H,16,17). The molecule has 1 amide bonds. The Kier molecular flexibility index (Phi) is 5.16. The van der Waals surface area contributed by atoms with Gasteiger partial charge in [0.05, 0.1) is 7.11 Å². The molecule has 0 saturated carbocycles. The Balaban J connectivity index is 2.88. The number of aryl methyl sites for hydroxylation is 2. The number of hydrazine groups is 1. The molecule has 1 aromatic rings. The lowest BCUT2D eigenvalue weighted by Crippen LogP contribution is -2.29. The number of ether oxygens (including phenoxy) is 1. The zero-order valence-electron chi connectivity index (χ0n) is 11.6. The summed E-state index contributed by atoms with van der Waals surface area (Å²) in [6.45, 7) is 6.22. The molecule has 0 aliphatic carbocycles. The van der Waals surface area contributed by atoms with Crippen LogP contribution in [0.2, 0.25) is 0 Å². The van der Waals surface area contributed by atoms with Gasteiger partial charge in [0.2, 0.25) is 5.91 Å². The molecule has 0 fully saturated rings. The van der Waals surface area contributed by atoms with Gasteiger partial charge in [-0.05, 0) is 55.9 Å². The molecule has 3 N–H and O–H groups in total. The maximum absolute atomic E-state index is 11.1. The fourth-order valence-electron chi connectivity index (χ4n) is 2.19. The Morgan fingerprint density at radius 2 is 2.00 bits per heavy atom. The predicted molar refractivity (Wildman–Crippen MR) is 72.5 cm³/mol. The van der Waals surface area contributed by atoms with E-state index >= 15 is 0 Å². The van der Waals surface area contributed by atoms with Crippen LogP contribution in [0.3, 0.4) is 0 Å². The Labute approximate surface area is 108 Å². The topological polar surface area (TPSA) is 64.3 Å². The van der Waals surface area contributed by atoms with Crippen LogP contribution >= 0.6 is 0 Å². The molecule has 0 aliphatic heterocycles. The number of benzene rings is 1. The minimum Gasteiger partial charge on any atom is -0.496 e. The predicted octanol–water partition coefficient (Wildman–Crippen LogP) is 1.93. The van der Waals surface area contributed by atoms with Crippen molar-refractivity contribution in [3.63, 3.8) is 0 Å². The lowest BCUT2D eigenvalue weighted by molar-refractivity contribution is -0.121. The van der Waals surface area contributed by atoms with Crippen LogP contribution in [0.5, 0.6) is 5.75 Å². The molecule has 0 unspecified atom stereocenters. The third kappa shape index (κ3) is 3.23. The van der Waals surface area contributed by atoms with Gasteiger partial charge < -0.3 is 4.74 Å². The van der Waals surface area contributed by atoms with Crippen LogP contribution in [-0.4, -0.2) is 13.0 Å². The average molecular weight is 250 g/mol. The van der Waals surface area contributed by atoms with E-state index in [1.54, 1.807) is 7.11 Å². The second-order valence-corrected chi connectivity index (χ2v) is 4.57. The highest BCUT2D eigenvalue weighted by Gasteiger charge is 2.12. The highest BCUT2D eigenvalue weighted by Crippen LogP contribution is 2.30. The highest BCUT2D eigenvalue weighted by molar-refractivity contribution is 5.75. The zero-order valence-corrected chi connectivity index (χ0v) is 11.6. The van der Waals surface area contributed by atoms with E-state index in [0.29, 0.717) is 6.42 Å². The van der Waals surface area contributed by atoms with Crippen LogP contribution in [-0.2, 0) is 11.2 Å². The van der Waals surface area contributed by atoms with Gasteiger partial charge in [0, 0.05) is 6.42 Å². The van der Waals surface area contributed by atoms with Gasteiger partial charge in [0.1, 0.15) is 5.75 Å². The first kappa shape index (κ1) is 14.5. The fraction of sp³-hybridized carbons (Fsp3) is 0.500. The lowest BCUT2D eigenvalue weighted by Gasteiger charge is -2.16. The molecule has 100 valence electrons. The summed E-state index contributed by atoms with van der Waals surface area (Å²) in [6, 6.07) is 2.16. The minimum absolute atomic E-state index is 0.129. The quantitative estimate of drug-likeness (QED) is 0.477. The van der Waals surface area contributed by atoms with Crippen LogP contribution < -0.4 is 16.0 Å². The van der Waals surface area contributed by atoms with Crippen LogP contribution in [0.1, 0.15) is 35.1 Å². The summed E-state index contributed by atoms with van der Waals surface area (Å²) < 4.78 is 5.50. The zero-order chi connectivity index (χ0) is 13.7. The minimum atomic E-state index is -0.129. The van der Waals surface area contributed by atoms with Gasteiger partial charge in [-0.25, -0.2) is 5.84 Å². The van der Waals surface area contributed by atoms with Gasteiger partial charge in [0.15, 0.2) is 0 Å². The second kappa shape index (κ2) is 6.40.